The molecule has 3 N–H and O–H groups in total. The van der Waals surface area contributed by atoms with Gasteiger partial charge in [-0.25, -0.2) is 4.79 Å². The van der Waals surface area contributed by atoms with Crippen molar-refractivity contribution in [1.82, 2.24) is 4.90 Å². The molecule has 0 bridgehead atoms. The number of hydrogen-bond acceptors (Lipinski definition) is 4. The molecule has 0 aliphatic rings. The van der Waals surface area contributed by atoms with E-state index in [1.54, 1.807) is 11.8 Å². The largest absolute Gasteiger partial charge is 0.453 e. The first-order chi connectivity index (χ1) is 9.24. The zero-order valence-electron chi connectivity index (χ0n) is 14.0. The fourth-order valence-electron chi connectivity index (χ4n) is 1.20. The van der Waals surface area contributed by atoms with Crippen LogP contribution in [0.2, 0.25) is 0 Å². The number of nitrogens with two attached hydrogens (primary N) is 1. The van der Waals surface area contributed by atoms with Crippen LogP contribution >= 0.6 is 0 Å². The Morgan fingerprint density at radius 2 is 1.65 bits per heavy atom. The highest BCUT2D eigenvalue weighted by Crippen LogP contribution is 2.04. The average molecular weight is 292 g/mol. The molecular weight excluding hydrogens is 260 g/mol. The number of carbonyl (C=O) groups is 2. The summed E-state index contributed by atoms with van der Waals surface area (Å²) in [6.45, 7) is 12.8. The van der Waals surface area contributed by atoms with Gasteiger partial charge in [0.1, 0.15) is 0 Å². The van der Waals surface area contributed by atoms with Crippen molar-refractivity contribution in [3.05, 3.63) is 0 Å². The van der Waals surface area contributed by atoms with Gasteiger partial charge in [-0.05, 0) is 19.8 Å². The van der Waals surface area contributed by atoms with E-state index in [1.807, 2.05) is 34.6 Å². The number of primary amides is 1. The number of likely N-dealkylation sites (N-methyl/N-ethyl adjacent to an activating group) is 1. The monoisotopic (exact) mass is 292 g/mol. The summed E-state index contributed by atoms with van der Waals surface area (Å²) in [5.74, 6) is 0.522. The highest BCUT2D eigenvalue weighted by molar-refractivity contribution is 5.76. The number of amides is 2. The van der Waals surface area contributed by atoms with Crippen LogP contribution in [0, 0.1) is 5.92 Å². The van der Waals surface area contributed by atoms with Crippen molar-refractivity contribution in [1.29, 1.82) is 0 Å². The molecule has 0 aliphatic carbocycles. The molecule has 1 unspecified atom stereocenters. The molecule has 0 aromatic rings. The van der Waals surface area contributed by atoms with Gasteiger partial charge < -0.3 is 20.5 Å². The topological polar surface area (TPSA) is 92.9 Å². The van der Waals surface area contributed by atoms with Crippen LogP contribution in [0.1, 0.15) is 48.0 Å². The normalized spacial score (nSPS) is 10.4. The summed E-state index contributed by atoms with van der Waals surface area (Å²) >= 11 is 0. The van der Waals surface area contributed by atoms with Crippen molar-refractivity contribution in [2.45, 2.75) is 54.1 Å². The first kappa shape index (κ1) is 23.8. The highest BCUT2D eigenvalue weighted by atomic mass is 16.5. The van der Waals surface area contributed by atoms with Gasteiger partial charge in [-0.2, -0.15) is 0 Å². The highest BCUT2D eigenvalue weighted by Gasteiger charge is 2.14. The van der Waals surface area contributed by atoms with Gasteiger partial charge in [0.05, 0.1) is 13.2 Å². The van der Waals surface area contributed by atoms with E-state index in [2.05, 4.69) is 10.5 Å². The van der Waals surface area contributed by atoms with Crippen LogP contribution in [0.25, 0.3) is 0 Å². The number of aliphatic hydroxyl groups excluding tert-OH is 1. The lowest BCUT2D eigenvalue weighted by atomic mass is 10.1. The Balaban J connectivity index is -0.000000346. The Labute approximate surface area is 123 Å². The Hall–Kier alpha value is -1.30. The Morgan fingerprint density at radius 1 is 1.25 bits per heavy atom. The van der Waals surface area contributed by atoms with Crippen molar-refractivity contribution < 1.29 is 19.4 Å². The van der Waals surface area contributed by atoms with Crippen LogP contribution < -0.4 is 5.73 Å². The van der Waals surface area contributed by atoms with Crippen molar-refractivity contribution in [3.63, 3.8) is 0 Å². The Bertz CT molecular complexity index is 243. The quantitative estimate of drug-likeness (QED) is 0.810. The molecule has 0 spiro atoms. The first-order valence-corrected chi connectivity index (χ1v) is 7.03. The smallest absolute Gasteiger partial charge is 0.404 e. The van der Waals surface area contributed by atoms with Gasteiger partial charge in [-0.3, -0.25) is 4.79 Å². The van der Waals surface area contributed by atoms with E-state index in [9.17, 15) is 9.59 Å². The minimum Gasteiger partial charge on any atom is -0.453 e. The lowest BCUT2D eigenvalue weighted by Crippen LogP contribution is -2.36. The molecule has 0 aliphatic heterocycles. The number of aliphatic hydroxyl groups is 1. The molecule has 122 valence electrons. The maximum Gasteiger partial charge on any atom is 0.404 e. The molecule has 20 heavy (non-hydrogen) atoms. The summed E-state index contributed by atoms with van der Waals surface area (Å²) in [5.41, 5.74) is 4.43. The number of hydrogen-bond donors (Lipinski definition) is 2. The predicted molar refractivity (Wildman–Crippen MR) is 81.3 cm³/mol. The van der Waals surface area contributed by atoms with Crippen LogP contribution in [0.4, 0.5) is 4.79 Å². The molecule has 0 rings (SSSR count). The summed E-state index contributed by atoms with van der Waals surface area (Å²) in [7, 11) is 1.22. The van der Waals surface area contributed by atoms with E-state index in [1.165, 1.54) is 7.11 Å². The van der Waals surface area contributed by atoms with E-state index in [-0.39, 0.29) is 5.91 Å². The molecule has 0 heterocycles. The third kappa shape index (κ3) is 19.0. The summed E-state index contributed by atoms with van der Waals surface area (Å²) in [6.07, 6.45) is -0.610. The molecular formula is C14H32N2O4. The maximum absolute atomic E-state index is 11.5. The Kier molecular flexibility index (Phi) is 18.7. The number of carbonyl (C=O) groups excluding carboxylic acids is 2. The molecule has 0 radical (unpaired) electrons. The summed E-state index contributed by atoms with van der Waals surface area (Å²) < 4.78 is 3.89. The zero-order chi connectivity index (χ0) is 16.7. The van der Waals surface area contributed by atoms with E-state index >= 15 is 0 Å². The van der Waals surface area contributed by atoms with Crippen LogP contribution in [-0.2, 0) is 9.53 Å². The van der Waals surface area contributed by atoms with Crippen molar-refractivity contribution in [2.24, 2.45) is 11.7 Å². The SMILES string of the molecule is CC.CCN(CC(C)O)C(=O)CC(C)C.COC(N)=O. The number of methoxy groups -OCH3 is 1. The molecule has 0 saturated heterocycles. The molecule has 2 amide bonds. The fraction of sp³-hybridized carbons (Fsp3) is 0.857. The molecule has 1 atom stereocenters. The number of rotatable bonds is 5. The fourth-order valence-corrected chi connectivity index (χ4v) is 1.20. The second-order valence-corrected chi connectivity index (χ2v) is 4.40. The predicted octanol–water partition coefficient (Wildman–Crippen LogP) is 2.00. The lowest BCUT2D eigenvalue weighted by Gasteiger charge is -2.23. The average Bonchev–Trinajstić information content (AvgIpc) is 2.37. The molecule has 0 saturated carbocycles. The third-order valence-corrected chi connectivity index (χ3v) is 2.00. The minimum absolute atomic E-state index is 0.137. The van der Waals surface area contributed by atoms with Crippen molar-refractivity contribution in [3.8, 4) is 0 Å². The maximum atomic E-state index is 11.5. The van der Waals surface area contributed by atoms with Crippen LogP contribution in [0.3, 0.4) is 0 Å². The van der Waals surface area contributed by atoms with Gasteiger partial charge in [0.15, 0.2) is 0 Å². The summed E-state index contributed by atoms with van der Waals surface area (Å²) in [6, 6.07) is 0. The van der Waals surface area contributed by atoms with E-state index in [4.69, 9.17) is 5.11 Å². The van der Waals surface area contributed by atoms with Gasteiger partial charge >= 0.3 is 6.09 Å². The van der Waals surface area contributed by atoms with E-state index in [0.29, 0.717) is 25.4 Å². The van der Waals surface area contributed by atoms with Crippen LogP contribution in [0.15, 0.2) is 0 Å². The molecule has 6 heteroatoms. The minimum atomic E-state index is -0.745. The van der Waals surface area contributed by atoms with Crippen molar-refractivity contribution >= 4 is 12.0 Å². The molecule has 0 aromatic carbocycles. The van der Waals surface area contributed by atoms with Gasteiger partial charge in [-0.1, -0.05) is 27.7 Å². The second-order valence-electron chi connectivity index (χ2n) is 4.40. The molecule has 0 aromatic heterocycles. The second kappa shape index (κ2) is 15.8. The Morgan fingerprint density at radius 3 is 1.85 bits per heavy atom. The van der Waals surface area contributed by atoms with Crippen molar-refractivity contribution in [2.75, 3.05) is 20.2 Å². The van der Waals surface area contributed by atoms with Crippen LogP contribution in [0.5, 0.6) is 0 Å². The zero-order valence-corrected chi connectivity index (χ0v) is 14.0. The first-order valence-electron chi connectivity index (χ1n) is 7.03. The summed E-state index contributed by atoms with van der Waals surface area (Å²) in [5, 5.41) is 9.14. The van der Waals surface area contributed by atoms with Gasteiger partial charge in [0, 0.05) is 19.5 Å². The van der Waals surface area contributed by atoms with E-state index < -0.39 is 12.2 Å². The van der Waals surface area contributed by atoms with Gasteiger partial charge in [0.25, 0.3) is 0 Å². The lowest BCUT2D eigenvalue weighted by molar-refractivity contribution is -0.133. The summed E-state index contributed by atoms with van der Waals surface area (Å²) in [4.78, 5) is 22.6. The number of nitrogens with zero attached hydrogens (tertiary/aromatic N) is 1. The molecule has 0 fully saturated rings. The van der Waals surface area contributed by atoms with E-state index in [0.717, 1.165) is 0 Å². The third-order valence-electron chi connectivity index (χ3n) is 2.00. The standard InChI is InChI=1S/C10H21NO2.C2H5NO2.C2H6/c1-5-11(7-9(4)12)10(13)6-8(2)3;1-5-2(3)4;1-2/h8-9,12H,5-7H2,1-4H3;1H3,(H2,3,4);1-2H3. The van der Waals surface area contributed by atoms with Gasteiger partial charge in [-0.15, -0.1) is 0 Å². The number of ether oxygens (including phenoxy) is 1. The molecule has 6 nitrogen and oxygen atoms in total. The van der Waals surface area contributed by atoms with Gasteiger partial charge in [0.2, 0.25) is 5.91 Å². The van der Waals surface area contributed by atoms with Crippen LogP contribution in [-0.4, -0.2) is 48.3 Å².